The first-order valence-electron chi connectivity index (χ1n) is 8.39. The number of carbonyl (C=O) groups is 1. The lowest BCUT2D eigenvalue weighted by Gasteiger charge is -2.35. The lowest BCUT2D eigenvalue weighted by molar-refractivity contribution is -0.138. The predicted octanol–water partition coefficient (Wildman–Crippen LogP) is 3.12. The van der Waals surface area contributed by atoms with Gasteiger partial charge in [0.2, 0.25) is 5.91 Å². The van der Waals surface area contributed by atoms with Crippen molar-refractivity contribution in [2.75, 3.05) is 39.3 Å². The molecule has 1 aliphatic heterocycles. The molecule has 0 radical (unpaired) electrons. The number of amides is 1. The van der Waals surface area contributed by atoms with Gasteiger partial charge in [-0.05, 0) is 43.5 Å². The number of thiophene rings is 1. The number of hydrogen-bond acceptors (Lipinski definition) is 4. The third kappa shape index (κ3) is 6.52. The van der Waals surface area contributed by atoms with E-state index in [0.29, 0.717) is 11.8 Å². The van der Waals surface area contributed by atoms with Gasteiger partial charge in [0.1, 0.15) is 0 Å². The van der Waals surface area contributed by atoms with Crippen LogP contribution in [-0.2, 0) is 11.3 Å². The summed E-state index contributed by atoms with van der Waals surface area (Å²) in [6.07, 6.45) is 0. The van der Waals surface area contributed by atoms with Crippen molar-refractivity contribution in [2.24, 2.45) is 11.8 Å². The topological polar surface area (TPSA) is 35.6 Å². The minimum Gasteiger partial charge on any atom is -0.336 e. The molecule has 1 aliphatic rings. The largest absolute Gasteiger partial charge is 0.336 e. The second-order valence-corrected chi connectivity index (χ2v) is 7.11. The van der Waals surface area contributed by atoms with Crippen molar-refractivity contribution in [1.29, 1.82) is 0 Å². The van der Waals surface area contributed by atoms with E-state index in [2.05, 4.69) is 53.4 Å². The van der Waals surface area contributed by atoms with E-state index in [0.717, 1.165) is 45.8 Å². The summed E-state index contributed by atoms with van der Waals surface area (Å²) < 4.78 is 0. The Kier molecular flexibility index (Phi) is 11.9. The van der Waals surface area contributed by atoms with Crippen LogP contribution in [-0.4, -0.2) is 55.0 Å². The van der Waals surface area contributed by atoms with Gasteiger partial charge in [-0.15, -0.1) is 36.2 Å². The summed E-state index contributed by atoms with van der Waals surface area (Å²) in [6, 6.07) is 4.18. The molecule has 0 saturated carbocycles. The van der Waals surface area contributed by atoms with E-state index in [1.807, 2.05) is 0 Å². The molecular formula is C17H31Cl2N3OS. The molecule has 24 heavy (non-hydrogen) atoms. The van der Waals surface area contributed by atoms with Crippen LogP contribution in [0.25, 0.3) is 0 Å². The summed E-state index contributed by atoms with van der Waals surface area (Å²) in [5, 5.41) is 5.36. The molecule has 1 fully saturated rings. The number of nitrogens with zero attached hydrogens (tertiary/aromatic N) is 2. The van der Waals surface area contributed by atoms with Gasteiger partial charge in [-0.1, -0.05) is 26.8 Å². The highest BCUT2D eigenvalue weighted by Gasteiger charge is 2.31. The molecule has 1 amide bonds. The summed E-state index contributed by atoms with van der Waals surface area (Å²) in [7, 11) is 0. The monoisotopic (exact) mass is 395 g/mol. The van der Waals surface area contributed by atoms with E-state index < -0.39 is 0 Å². The normalized spacial score (nSPS) is 15.2. The molecule has 0 bridgehead atoms. The van der Waals surface area contributed by atoms with Gasteiger partial charge >= 0.3 is 0 Å². The highest BCUT2D eigenvalue weighted by Crippen LogP contribution is 2.21. The standard InChI is InChI=1S/C17H29N3OS.2ClH/c1-4-19(5-2)8-9-20(13-16-7-6-10-22-16)17(21)14(3)15-11-18-12-15;;/h6-7,10,14-15,18H,4-5,8-9,11-13H2,1-3H3;2*1H. The van der Waals surface area contributed by atoms with Crippen LogP contribution in [0.4, 0.5) is 0 Å². The number of hydrogen-bond donors (Lipinski definition) is 1. The second-order valence-electron chi connectivity index (χ2n) is 6.07. The molecule has 1 aromatic heterocycles. The van der Waals surface area contributed by atoms with Gasteiger partial charge in [-0.3, -0.25) is 4.79 Å². The summed E-state index contributed by atoms with van der Waals surface area (Å²) in [5.41, 5.74) is 0. The van der Waals surface area contributed by atoms with Crippen molar-refractivity contribution in [3.8, 4) is 0 Å². The molecule has 0 spiro atoms. The van der Waals surface area contributed by atoms with Crippen LogP contribution in [0.3, 0.4) is 0 Å². The van der Waals surface area contributed by atoms with Crippen LogP contribution >= 0.6 is 36.2 Å². The van der Waals surface area contributed by atoms with Gasteiger partial charge < -0.3 is 15.1 Å². The molecule has 1 N–H and O–H groups in total. The molecule has 4 nitrogen and oxygen atoms in total. The molecule has 0 aromatic carbocycles. The molecule has 2 rings (SSSR count). The fraction of sp³-hybridized carbons (Fsp3) is 0.706. The molecule has 2 heterocycles. The number of likely N-dealkylation sites (N-methyl/N-ethyl adjacent to an activating group) is 1. The molecule has 1 aromatic rings. The van der Waals surface area contributed by atoms with Crippen LogP contribution in [0.2, 0.25) is 0 Å². The third-order valence-corrected chi connectivity index (χ3v) is 5.59. The van der Waals surface area contributed by atoms with Crippen LogP contribution in [0.1, 0.15) is 25.6 Å². The summed E-state index contributed by atoms with van der Waals surface area (Å²) >= 11 is 1.73. The summed E-state index contributed by atoms with van der Waals surface area (Å²) in [6.45, 7) is 13.0. The minimum absolute atomic E-state index is 0. The van der Waals surface area contributed by atoms with Gasteiger partial charge in [-0.2, -0.15) is 0 Å². The maximum Gasteiger partial charge on any atom is 0.226 e. The molecule has 7 heteroatoms. The first-order valence-corrected chi connectivity index (χ1v) is 9.27. The maximum atomic E-state index is 12.9. The van der Waals surface area contributed by atoms with E-state index in [-0.39, 0.29) is 30.7 Å². The van der Waals surface area contributed by atoms with Gasteiger partial charge in [-0.25, -0.2) is 0 Å². The Morgan fingerprint density at radius 2 is 1.96 bits per heavy atom. The van der Waals surface area contributed by atoms with Crippen LogP contribution in [0.15, 0.2) is 17.5 Å². The van der Waals surface area contributed by atoms with Crippen molar-refractivity contribution in [3.05, 3.63) is 22.4 Å². The van der Waals surface area contributed by atoms with Gasteiger partial charge in [0.15, 0.2) is 0 Å². The molecular weight excluding hydrogens is 365 g/mol. The smallest absolute Gasteiger partial charge is 0.226 e. The maximum absolute atomic E-state index is 12.9. The number of rotatable bonds is 9. The number of nitrogens with one attached hydrogen (secondary N) is 1. The SMILES string of the molecule is CCN(CC)CCN(Cc1cccs1)C(=O)C(C)C1CNC1.Cl.Cl. The lowest BCUT2D eigenvalue weighted by Crippen LogP contribution is -2.51. The van der Waals surface area contributed by atoms with Crippen molar-refractivity contribution >= 4 is 42.1 Å². The summed E-state index contributed by atoms with van der Waals surface area (Å²) in [5.74, 6) is 0.941. The van der Waals surface area contributed by atoms with E-state index >= 15 is 0 Å². The Morgan fingerprint density at radius 1 is 1.29 bits per heavy atom. The van der Waals surface area contributed by atoms with Crippen LogP contribution in [0.5, 0.6) is 0 Å². The highest BCUT2D eigenvalue weighted by molar-refractivity contribution is 7.09. The van der Waals surface area contributed by atoms with Gasteiger partial charge in [0.05, 0.1) is 6.54 Å². The van der Waals surface area contributed by atoms with E-state index in [4.69, 9.17) is 0 Å². The summed E-state index contributed by atoms with van der Waals surface area (Å²) in [4.78, 5) is 18.6. The van der Waals surface area contributed by atoms with Crippen molar-refractivity contribution in [3.63, 3.8) is 0 Å². The Labute approximate surface area is 162 Å². The molecule has 1 unspecified atom stereocenters. The Morgan fingerprint density at radius 3 is 2.42 bits per heavy atom. The first-order chi connectivity index (χ1) is 10.7. The van der Waals surface area contributed by atoms with Crippen molar-refractivity contribution in [2.45, 2.75) is 27.3 Å². The number of carbonyl (C=O) groups excluding carboxylic acids is 1. The zero-order valence-corrected chi connectivity index (χ0v) is 17.3. The van der Waals surface area contributed by atoms with Crippen LogP contribution in [0, 0.1) is 11.8 Å². The van der Waals surface area contributed by atoms with Gasteiger partial charge in [0, 0.05) is 23.9 Å². The quantitative estimate of drug-likeness (QED) is 0.697. The fourth-order valence-electron chi connectivity index (χ4n) is 2.81. The second kappa shape index (κ2) is 12.1. The minimum atomic E-state index is 0. The highest BCUT2D eigenvalue weighted by atomic mass is 35.5. The number of halogens is 2. The average molecular weight is 396 g/mol. The zero-order valence-electron chi connectivity index (χ0n) is 14.9. The van der Waals surface area contributed by atoms with E-state index in [1.165, 1.54) is 4.88 Å². The third-order valence-electron chi connectivity index (χ3n) is 4.73. The predicted molar refractivity (Wildman–Crippen MR) is 108 cm³/mol. The van der Waals surface area contributed by atoms with Crippen molar-refractivity contribution < 1.29 is 4.79 Å². The van der Waals surface area contributed by atoms with Crippen LogP contribution < -0.4 is 5.32 Å². The zero-order chi connectivity index (χ0) is 15.9. The Bertz CT molecular complexity index is 451. The van der Waals surface area contributed by atoms with Gasteiger partial charge in [0.25, 0.3) is 0 Å². The Hall–Kier alpha value is -0.330. The average Bonchev–Trinajstić information content (AvgIpc) is 2.97. The molecule has 0 aliphatic carbocycles. The first kappa shape index (κ1) is 23.7. The molecule has 1 atom stereocenters. The van der Waals surface area contributed by atoms with Crippen molar-refractivity contribution in [1.82, 2.24) is 15.1 Å². The molecule has 140 valence electrons. The fourth-order valence-corrected chi connectivity index (χ4v) is 3.53. The van der Waals surface area contributed by atoms with E-state index in [1.54, 1.807) is 11.3 Å². The Balaban J connectivity index is 0.00000264. The van der Waals surface area contributed by atoms with E-state index in [9.17, 15) is 4.79 Å². The lowest BCUT2D eigenvalue weighted by atomic mass is 9.88. The molecule has 1 saturated heterocycles.